The van der Waals surface area contributed by atoms with Crippen LogP contribution in [-0.2, 0) is 20.3 Å². The Hall–Kier alpha value is -1.49. The fourth-order valence-corrected chi connectivity index (χ4v) is 3.81. The van der Waals surface area contributed by atoms with Gasteiger partial charge in [-0.25, -0.2) is 0 Å². The van der Waals surface area contributed by atoms with Gasteiger partial charge in [-0.3, -0.25) is 9.00 Å². The summed E-state index contributed by atoms with van der Waals surface area (Å²) in [5.41, 5.74) is 0.892. The highest BCUT2D eigenvalue weighted by Gasteiger charge is 2.49. The molecule has 3 nitrogen and oxygen atoms in total. The number of carbonyl (C=O) groups is 1. The molecule has 3 unspecified atom stereocenters. The molecule has 0 saturated carbocycles. The molecule has 0 aromatic heterocycles. The second-order valence-corrected chi connectivity index (χ2v) is 8.28. The Morgan fingerprint density at radius 3 is 2.33 bits per heavy atom. The van der Waals surface area contributed by atoms with Gasteiger partial charge in [0.1, 0.15) is 5.60 Å². The van der Waals surface area contributed by atoms with Gasteiger partial charge >= 0.3 is 0 Å². The van der Waals surface area contributed by atoms with E-state index in [9.17, 15) is 9.00 Å². The molecule has 3 rings (SSSR count). The van der Waals surface area contributed by atoms with Crippen LogP contribution in [0.2, 0.25) is 5.02 Å². The van der Waals surface area contributed by atoms with Gasteiger partial charge in [0.05, 0.1) is 12.0 Å². The van der Waals surface area contributed by atoms with Crippen LogP contribution in [0.1, 0.15) is 37.0 Å². The van der Waals surface area contributed by atoms with Crippen LogP contribution in [-0.4, -0.2) is 21.8 Å². The first kappa shape index (κ1) is 17.3. The van der Waals surface area contributed by atoms with Gasteiger partial charge in [0, 0.05) is 27.0 Å². The van der Waals surface area contributed by atoms with Gasteiger partial charge < -0.3 is 4.74 Å². The standard InChI is InChI=1S/C19H19ClO3S/c1-19(2)18(21)16(12-7-9-15(10-8-12)24(3)22)17(23-19)13-5-4-6-14(20)11-13/h4-11,16-17H,1-3H3. The van der Waals surface area contributed by atoms with Crippen LogP contribution in [0.4, 0.5) is 0 Å². The molecule has 1 aliphatic rings. The minimum atomic E-state index is -1.04. The molecule has 3 atom stereocenters. The molecule has 126 valence electrons. The summed E-state index contributed by atoms with van der Waals surface area (Å²) in [6, 6.07) is 14.8. The molecular weight excluding hydrogens is 344 g/mol. The zero-order valence-electron chi connectivity index (χ0n) is 13.8. The molecule has 0 spiro atoms. The number of hydrogen-bond donors (Lipinski definition) is 0. The monoisotopic (exact) mass is 362 g/mol. The van der Waals surface area contributed by atoms with Crippen molar-refractivity contribution < 1.29 is 13.7 Å². The highest BCUT2D eigenvalue weighted by molar-refractivity contribution is 7.84. The summed E-state index contributed by atoms with van der Waals surface area (Å²) in [6.07, 6.45) is 1.25. The average Bonchev–Trinajstić information content (AvgIpc) is 2.78. The number of hydrogen-bond acceptors (Lipinski definition) is 3. The third-order valence-corrected chi connectivity index (χ3v) is 5.52. The van der Waals surface area contributed by atoms with E-state index in [0.29, 0.717) is 5.02 Å². The van der Waals surface area contributed by atoms with Crippen LogP contribution in [0.3, 0.4) is 0 Å². The average molecular weight is 363 g/mol. The predicted octanol–water partition coefficient (Wildman–Crippen LogP) is 4.28. The van der Waals surface area contributed by atoms with Crippen molar-refractivity contribution in [3.05, 3.63) is 64.7 Å². The van der Waals surface area contributed by atoms with Crippen molar-refractivity contribution in [3.8, 4) is 0 Å². The Morgan fingerprint density at radius 1 is 1.08 bits per heavy atom. The molecule has 24 heavy (non-hydrogen) atoms. The number of benzene rings is 2. The molecule has 0 amide bonds. The van der Waals surface area contributed by atoms with Gasteiger partial charge in [0.25, 0.3) is 0 Å². The molecule has 0 N–H and O–H groups in total. The number of halogens is 1. The van der Waals surface area contributed by atoms with E-state index in [4.69, 9.17) is 16.3 Å². The summed E-state index contributed by atoms with van der Waals surface area (Å²) in [7, 11) is -1.04. The van der Waals surface area contributed by atoms with Crippen molar-refractivity contribution in [2.24, 2.45) is 0 Å². The number of ketones is 1. The lowest BCUT2D eigenvalue weighted by molar-refractivity contribution is -0.130. The van der Waals surface area contributed by atoms with E-state index in [1.54, 1.807) is 38.3 Å². The topological polar surface area (TPSA) is 43.4 Å². The van der Waals surface area contributed by atoms with Gasteiger partial charge in [0.15, 0.2) is 5.78 Å². The smallest absolute Gasteiger partial charge is 0.174 e. The summed E-state index contributed by atoms with van der Waals surface area (Å²) in [5.74, 6) is -0.365. The van der Waals surface area contributed by atoms with E-state index in [0.717, 1.165) is 16.0 Å². The Bertz CT molecular complexity index is 799. The molecule has 1 aliphatic heterocycles. The fraction of sp³-hybridized carbons (Fsp3) is 0.316. The van der Waals surface area contributed by atoms with E-state index in [1.807, 2.05) is 30.3 Å². The first-order chi connectivity index (χ1) is 11.3. The molecule has 0 radical (unpaired) electrons. The molecule has 1 fully saturated rings. The number of carbonyl (C=O) groups excluding carboxylic acids is 1. The summed E-state index contributed by atoms with van der Waals surface area (Å²) < 4.78 is 17.7. The van der Waals surface area contributed by atoms with E-state index < -0.39 is 22.3 Å². The maximum Gasteiger partial charge on any atom is 0.174 e. The van der Waals surface area contributed by atoms with E-state index in [1.165, 1.54) is 0 Å². The summed E-state index contributed by atoms with van der Waals surface area (Å²) in [5, 5.41) is 0.615. The molecule has 0 bridgehead atoms. The van der Waals surface area contributed by atoms with Gasteiger partial charge in [-0.1, -0.05) is 35.9 Å². The lowest BCUT2D eigenvalue weighted by Gasteiger charge is -2.19. The fourth-order valence-electron chi connectivity index (χ4n) is 3.09. The van der Waals surface area contributed by atoms with Crippen molar-refractivity contribution in [1.82, 2.24) is 0 Å². The molecule has 2 aromatic carbocycles. The van der Waals surface area contributed by atoms with E-state index in [-0.39, 0.29) is 11.9 Å². The van der Waals surface area contributed by atoms with Gasteiger partial charge in [-0.05, 0) is 49.2 Å². The minimum absolute atomic E-state index is 0.0397. The van der Waals surface area contributed by atoms with Crippen LogP contribution in [0.5, 0.6) is 0 Å². The Balaban J connectivity index is 2.04. The summed E-state index contributed by atoms with van der Waals surface area (Å²) in [6.45, 7) is 3.59. The second-order valence-electron chi connectivity index (χ2n) is 6.47. The highest BCUT2D eigenvalue weighted by Crippen LogP contribution is 2.47. The number of rotatable bonds is 3. The Labute approximate surface area is 149 Å². The van der Waals surface area contributed by atoms with E-state index in [2.05, 4.69) is 0 Å². The van der Waals surface area contributed by atoms with Crippen molar-refractivity contribution in [2.75, 3.05) is 6.26 Å². The van der Waals surface area contributed by atoms with Crippen LogP contribution >= 0.6 is 11.6 Å². The molecule has 0 aliphatic carbocycles. The molecule has 2 aromatic rings. The molecular formula is C19H19ClO3S. The normalized spacial score (nSPS) is 24.1. The Morgan fingerprint density at radius 2 is 1.75 bits per heavy atom. The first-order valence-electron chi connectivity index (χ1n) is 7.70. The number of Topliss-reactive ketones (excluding diaryl/α,β-unsaturated/α-hetero) is 1. The van der Waals surface area contributed by atoms with Crippen LogP contribution < -0.4 is 0 Å². The van der Waals surface area contributed by atoms with Crippen molar-refractivity contribution in [3.63, 3.8) is 0 Å². The largest absolute Gasteiger partial charge is 0.359 e. The van der Waals surface area contributed by atoms with Gasteiger partial charge in [-0.15, -0.1) is 0 Å². The Kier molecular flexibility index (Phi) is 4.65. The van der Waals surface area contributed by atoms with Crippen LogP contribution in [0.15, 0.2) is 53.4 Å². The third kappa shape index (κ3) is 3.18. The molecule has 1 saturated heterocycles. The third-order valence-electron chi connectivity index (χ3n) is 4.35. The van der Waals surface area contributed by atoms with Crippen LogP contribution in [0.25, 0.3) is 0 Å². The number of ether oxygens (including phenoxy) is 1. The zero-order valence-corrected chi connectivity index (χ0v) is 15.4. The second kappa shape index (κ2) is 6.43. The van der Waals surface area contributed by atoms with Gasteiger partial charge in [0.2, 0.25) is 0 Å². The van der Waals surface area contributed by atoms with Crippen molar-refractivity contribution >= 4 is 28.2 Å². The molecule has 1 heterocycles. The van der Waals surface area contributed by atoms with Crippen molar-refractivity contribution in [1.29, 1.82) is 0 Å². The maximum absolute atomic E-state index is 12.9. The summed E-state index contributed by atoms with van der Waals surface area (Å²) >= 11 is 6.11. The summed E-state index contributed by atoms with van der Waals surface area (Å²) in [4.78, 5) is 13.6. The predicted molar refractivity (Wildman–Crippen MR) is 95.9 cm³/mol. The van der Waals surface area contributed by atoms with Gasteiger partial charge in [-0.2, -0.15) is 0 Å². The maximum atomic E-state index is 12.9. The quantitative estimate of drug-likeness (QED) is 0.818. The molecule has 5 heteroatoms. The lowest BCUT2D eigenvalue weighted by Crippen LogP contribution is -2.29. The van der Waals surface area contributed by atoms with E-state index >= 15 is 0 Å². The van der Waals surface area contributed by atoms with Crippen LogP contribution in [0, 0.1) is 0 Å². The first-order valence-corrected chi connectivity index (χ1v) is 9.64. The lowest BCUT2D eigenvalue weighted by atomic mass is 9.84. The minimum Gasteiger partial charge on any atom is -0.359 e. The zero-order chi connectivity index (χ0) is 17.5. The SMILES string of the molecule is CS(=O)c1ccc(C2C(=O)C(C)(C)OC2c2cccc(Cl)c2)cc1. The highest BCUT2D eigenvalue weighted by atomic mass is 35.5. The van der Waals surface area contributed by atoms with Crippen molar-refractivity contribution in [2.45, 2.75) is 36.4 Å².